The Balaban J connectivity index is 2.00. The normalized spacial score (nSPS) is 19.3. The lowest BCUT2D eigenvalue weighted by atomic mass is 10.2. The zero-order valence-electron chi connectivity index (χ0n) is 9.70. The van der Waals surface area contributed by atoms with E-state index in [1.807, 2.05) is 0 Å². The van der Waals surface area contributed by atoms with Crippen molar-refractivity contribution in [3.63, 3.8) is 0 Å². The van der Waals surface area contributed by atoms with E-state index in [-0.39, 0.29) is 10.9 Å². The van der Waals surface area contributed by atoms with Crippen molar-refractivity contribution < 1.29 is 9.53 Å². The molecule has 2 rings (SSSR count). The van der Waals surface area contributed by atoms with Gasteiger partial charge in [-0.15, -0.1) is 0 Å². The van der Waals surface area contributed by atoms with Crippen molar-refractivity contribution in [2.24, 2.45) is 0 Å². The van der Waals surface area contributed by atoms with E-state index in [2.05, 4.69) is 10.3 Å². The summed E-state index contributed by atoms with van der Waals surface area (Å²) in [4.78, 5) is 15.2. The summed E-state index contributed by atoms with van der Waals surface area (Å²) in [6, 6.07) is 2.04. The third kappa shape index (κ3) is 3.17. The van der Waals surface area contributed by atoms with Crippen molar-refractivity contribution in [1.29, 1.82) is 0 Å². The van der Waals surface area contributed by atoms with Crippen LogP contribution in [0.5, 0.6) is 5.75 Å². The number of hydrogen-bond acceptors (Lipinski definition) is 4. The second-order valence-corrected chi connectivity index (χ2v) is 4.53. The highest BCUT2D eigenvalue weighted by molar-refractivity contribution is 6.32. The molecule has 1 aromatic rings. The molecule has 1 N–H and O–H groups in total. The maximum Gasteiger partial charge on any atom is 0.163 e. The lowest BCUT2D eigenvalue weighted by Gasteiger charge is -2.12. The Kier molecular flexibility index (Phi) is 3.97. The predicted octanol–water partition coefficient (Wildman–Crippen LogP) is 2.07. The van der Waals surface area contributed by atoms with Crippen LogP contribution in [0, 0.1) is 0 Å². The van der Waals surface area contributed by atoms with Crippen LogP contribution in [0.1, 0.15) is 30.1 Å². The summed E-state index contributed by atoms with van der Waals surface area (Å²) in [6.45, 7) is 3.11. The van der Waals surface area contributed by atoms with Gasteiger partial charge in [0.1, 0.15) is 17.5 Å². The molecule has 0 saturated carbocycles. The minimum Gasteiger partial charge on any atom is -0.490 e. The minimum atomic E-state index is -0.105. The van der Waals surface area contributed by atoms with Crippen molar-refractivity contribution >= 4 is 17.4 Å². The largest absolute Gasteiger partial charge is 0.490 e. The molecule has 0 spiro atoms. The molecular weight excluding hydrogens is 240 g/mol. The molecule has 5 heteroatoms. The van der Waals surface area contributed by atoms with Gasteiger partial charge < -0.3 is 10.1 Å². The van der Waals surface area contributed by atoms with Crippen LogP contribution in [0.3, 0.4) is 0 Å². The first-order valence-electron chi connectivity index (χ1n) is 5.69. The van der Waals surface area contributed by atoms with Crippen molar-refractivity contribution in [1.82, 2.24) is 10.3 Å². The molecule has 1 atom stereocenters. The molecule has 0 aliphatic carbocycles. The van der Waals surface area contributed by atoms with E-state index in [0.29, 0.717) is 24.0 Å². The van der Waals surface area contributed by atoms with Crippen molar-refractivity contribution in [3.05, 3.63) is 23.0 Å². The van der Waals surface area contributed by atoms with Gasteiger partial charge in [0.25, 0.3) is 0 Å². The average molecular weight is 255 g/mol. The summed E-state index contributed by atoms with van der Waals surface area (Å²) >= 11 is 5.82. The quantitative estimate of drug-likeness (QED) is 0.660. The Labute approximate surface area is 105 Å². The highest BCUT2D eigenvalue weighted by atomic mass is 35.5. The molecule has 1 unspecified atom stereocenters. The van der Waals surface area contributed by atoms with E-state index in [1.165, 1.54) is 13.3 Å². The predicted molar refractivity (Wildman–Crippen MR) is 65.8 cm³/mol. The maximum atomic E-state index is 11.3. The number of hydrogen-bond donors (Lipinski definition) is 1. The SMILES string of the molecule is CC(=O)c1cc(OCC2CCCN2)cnc1Cl. The molecule has 1 fully saturated rings. The third-order valence-electron chi connectivity index (χ3n) is 2.81. The van der Waals surface area contributed by atoms with Gasteiger partial charge in [0, 0.05) is 6.04 Å². The van der Waals surface area contributed by atoms with Gasteiger partial charge in [-0.05, 0) is 32.4 Å². The number of aromatic nitrogens is 1. The molecule has 0 bridgehead atoms. The van der Waals surface area contributed by atoms with Crippen molar-refractivity contribution in [2.45, 2.75) is 25.8 Å². The standard InChI is InChI=1S/C12H15ClN2O2/c1-8(16)11-5-10(6-15-12(11)13)17-7-9-3-2-4-14-9/h5-6,9,14H,2-4,7H2,1H3. The molecule has 92 valence electrons. The van der Waals surface area contributed by atoms with Gasteiger partial charge in [-0.1, -0.05) is 11.6 Å². The summed E-state index contributed by atoms with van der Waals surface area (Å²) in [7, 11) is 0. The van der Waals surface area contributed by atoms with Crippen LogP contribution in [0.2, 0.25) is 5.15 Å². The lowest BCUT2D eigenvalue weighted by Crippen LogP contribution is -2.28. The van der Waals surface area contributed by atoms with Crippen molar-refractivity contribution in [2.75, 3.05) is 13.2 Å². The number of carbonyl (C=O) groups is 1. The minimum absolute atomic E-state index is 0.105. The van der Waals surface area contributed by atoms with E-state index in [0.717, 1.165) is 13.0 Å². The van der Waals surface area contributed by atoms with Crippen LogP contribution < -0.4 is 10.1 Å². The fourth-order valence-electron chi connectivity index (χ4n) is 1.85. The number of ketones is 1. The molecule has 1 aromatic heterocycles. The molecule has 4 nitrogen and oxygen atoms in total. The van der Waals surface area contributed by atoms with Crippen LogP contribution >= 0.6 is 11.6 Å². The summed E-state index contributed by atoms with van der Waals surface area (Å²) in [5.41, 5.74) is 0.406. The van der Waals surface area contributed by atoms with E-state index in [9.17, 15) is 4.79 Å². The first kappa shape index (κ1) is 12.3. The molecular formula is C12H15ClN2O2. The van der Waals surface area contributed by atoms with E-state index >= 15 is 0 Å². The van der Waals surface area contributed by atoms with Gasteiger partial charge in [0.2, 0.25) is 0 Å². The second kappa shape index (κ2) is 5.47. The molecule has 0 aromatic carbocycles. The van der Waals surface area contributed by atoms with Gasteiger partial charge in [-0.2, -0.15) is 0 Å². The van der Waals surface area contributed by atoms with Crippen molar-refractivity contribution in [3.8, 4) is 5.75 Å². The van der Waals surface area contributed by atoms with E-state index in [4.69, 9.17) is 16.3 Å². The van der Waals surface area contributed by atoms with E-state index < -0.39 is 0 Å². The Hall–Kier alpha value is -1.13. The summed E-state index contributed by atoms with van der Waals surface area (Å²) < 4.78 is 5.60. The number of rotatable bonds is 4. The summed E-state index contributed by atoms with van der Waals surface area (Å²) in [5.74, 6) is 0.486. The van der Waals surface area contributed by atoms with Crippen LogP contribution in [0.4, 0.5) is 0 Å². The Bertz CT molecular complexity index is 417. The number of halogens is 1. The van der Waals surface area contributed by atoms with Gasteiger partial charge in [0.15, 0.2) is 5.78 Å². The molecule has 1 aliphatic heterocycles. The maximum absolute atomic E-state index is 11.3. The smallest absolute Gasteiger partial charge is 0.163 e. The molecule has 0 radical (unpaired) electrons. The van der Waals surface area contributed by atoms with Gasteiger partial charge in [0.05, 0.1) is 11.8 Å². The summed E-state index contributed by atoms with van der Waals surface area (Å²) in [5, 5.41) is 3.56. The van der Waals surface area contributed by atoms with Gasteiger partial charge in [-0.3, -0.25) is 4.79 Å². The highest BCUT2D eigenvalue weighted by Crippen LogP contribution is 2.20. The Morgan fingerprint density at radius 2 is 2.53 bits per heavy atom. The van der Waals surface area contributed by atoms with Crippen LogP contribution in [0.25, 0.3) is 0 Å². The molecule has 1 aliphatic rings. The molecule has 17 heavy (non-hydrogen) atoms. The number of pyridine rings is 1. The van der Waals surface area contributed by atoms with Gasteiger partial charge in [-0.25, -0.2) is 4.98 Å². The average Bonchev–Trinajstić information content (AvgIpc) is 2.80. The summed E-state index contributed by atoms with van der Waals surface area (Å²) in [6.07, 6.45) is 3.86. The highest BCUT2D eigenvalue weighted by Gasteiger charge is 2.15. The number of Topliss-reactive ketones (excluding diaryl/α,β-unsaturated/α-hetero) is 1. The van der Waals surface area contributed by atoms with Crippen LogP contribution in [-0.2, 0) is 0 Å². The zero-order valence-corrected chi connectivity index (χ0v) is 10.5. The Morgan fingerprint density at radius 3 is 3.18 bits per heavy atom. The van der Waals surface area contributed by atoms with Gasteiger partial charge >= 0.3 is 0 Å². The van der Waals surface area contributed by atoms with Crippen LogP contribution in [0.15, 0.2) is 12.3 Å². The number of carbonyl (C=O) groups excluding carboxylic acids is 1. The molecule has 0 amide bonds. The topological polar surface area (TPSA) is 51.2 Å². The fourth-order valence-corrected chi connectivity index (χ4v) is 2.09. The van der Waals surface area contributed by atoms with E-state index in [1.54, 1.807) is 12.3 Å². The fraction of sp³-hybridized carbons (Fsp3) is 0.500. The number of ether oxygens (including phenoxy) is 1. The Morgan fingerprint density at radius 1 is 1.71 bits per heavy atom. The number of nitrogens with zero attached hydrogens (tertiary/aromatic N) is 1. The third-order valence-corrected chi connectivity index (χ3v) is 3.11. The lowest BCUT2D eigenvalue weighted by molar-refractivity contribution is 0.101. The second-order valence-electron chi connectivity index (χ2n) is 4.17. The first-order valence-corrected chi connectivity index (χ1v) is 6.07. The monoisotopic (exact) mass is 254 g/mol. The van der Waals surface area contributed by atoms with Crippen LogP contribution in [-0.4, -0.2) is 30.0 Å². The zero-order chi connectivity index (χ0) is 12.3. The number of nitrogens with one attached hydrogen (secondary N) is 1. The molecule has 2 heterocycles. The first-order chi connectivity index (χ1) is 8.16. The molecule has 1 saturated heterocycles.